The second-order valence-corrected chi connectivity index (χ2v) is 10.5. The van der Waals surface area contributed by atoms with Crippen LogP contribution in [-0.4, -0.2) is 36.4 Å². The Labute approximate surface area is 259 Å². The van der Waals surface area contributed by atoms with Crippen LogP contribution in [0.4, 0.5) is 0 Å². The second-order valence-electron chi connectivity index (χ2n) is 10.5. The fourth-order valence-electron chi connectivity index (χ4n) is 4.66. The molecular formula is C34H44N10. The number of nitrogens with one attached hydrogen (secondary N) is 5. The van der Waals surface area contributed by atoms with Gasteiger partial charge in [-0.05, 0) is 79.3 Å². The maximum atomic E-state index is 5.01. The van der Waals surface area contributed by atoms with Crippen molar-refractivity contribution in [3.8, 4) is 0 Å². The highest BCUT2D eigenvalue weighted by Crippen LogP contribution is 2.17. The molecule has 2 aliphatic rings. The Kier molecular flexibility index (Phi) is 14.0. The molecule has 0 saturated heterocycles. The van der Waals surface area contributed by atoms with E-state index in [0.717, 1.165) is 51.4 Å². The highest BCUT2D eigenvalue weighted by atomic mass is 15.7. The van der Waals surface area contributed by atoms with Crippen LogP contribution < -0.4 is 22.3 Å². The summed E-state index contributed by atoms with van der Waals surface area (Å²) in [6.45, 7) is 3.23. The monoisotopic (exact) mass is 592 g/mol. The molecule has 6 rings (SSSR count). The SMILES string of the molecule is C1=Cc2cc3ccc(cc4nc(cc5ccc(cc1n2)[nH]5)C=C4)[nH]3.CCCCCCCCCCNNNN.c1cnccn1. The number of rotatable bonds is 11. The first-order valence-electron chi connectivity index (χ1n) is 15.4. The Morgan fingerprint density at radius 1 is 0.568 bits per heavy atom. The van der Waals surface area contributed by atoms with Crippen molar-refractivity contribution < 1.29 is 0 Å². The molecule has 10 nitrogen and oxygen atoms in total. The molecule has 230 valence electrons. The smallest absolute Gasteiger partial charge is 0.0658 e. The summed E-state index contributed by atoms with van der Waals surface area (Å²) in [5, 5.41) is 0. The highest BCUT2D eigenvalue weighted by molar-refractivity contribution is 5.77. The van der Waals surface area contributed by atoms with Gasteiger partial charge in [0.15, 0.2) is 0 Å². The fraction of sp³-hybridized carbons (Fsp3) is 0.294. The van der Waals surface area contributed by atoms with Crippen LogP contribution in [-0.2, 0) is 0 Å². The van der Waals surface area contributed by atoms with E-state index in [1.54, 1.807) is 24.8 Å². The molecule has 0 atom stereocenters. The van der Waals surface area contributed by atoms with Crippen molar-refractivity contribution in [3.05, 3.63) is 96.1 Å². The maximum absolute atomic E-state index is 5.01. The van der Waals surface area contributed by atoms with Crippen molar-refractivity contribution >= 4 is 46.4 Å². The predicted octanol–water partition coefficient (Wildman–Crippen LogP) is 6.73. The standard InChI is InChI=1S/C20H14N4.C10H26N4.C4H4N2/c1-2-14-10-16-5-6-18(23-16)12-20-8-7-19(24-20)11-17-4-3-15(22-17)9-13(1)21-14;1-2-3-4-5-6-7-8-9-10-12-14-13-11;1-2-6-4-3-5-1/h1-12,21,24H;12-14H,2-11H2,1H3;1-4H. The normalized spacial score (nSPS) is 11.4. The molecule has 0 radical (unpaired) electrons. The Balaban J connectivity index is 0.000000187. The first-order chi connectivity index (χ1) is 21.7. The van der Waals surface area contributed by atoms with Gasteiger partial charge in [0.1, 0.15) is 0 Å². The molecule has 10 heteroatoms. The molecule has 4 aromatic heterocycles. The van der Waals surface area contributed by atoms with Crippen LogP contribution in [0.5, 0.6) is 0 Å². The minimum Gasteiger partial charge on any atom is -0.355 e. The molecular weight excluding hydrogens is 548 g/mol. The van der Waals surface area contributed by atoms with Gasteiger partial charge in [-0.1, -0.05) is 51.9 Å². The number of hydrogen-bond donors (Lipinski definition) is 6. The van der Waals surface area contributed by atoms with Crippen LogP contribution in [0.25, 0.3) is 46.4 Å². The third-order valence-electron chi connectivity index (χ3n) is 6.84. The topological polar surface area (TPSA) is 145 Å². The van der Waals surface area contributed by atoms with Crippen LogP contribution in [0, 0.1) is 0 Å². The Hall–Kier alpha value is -4.48. The van der Waals surface area contributed by atoms with Gasteiger partial charge in [-0.2, -0.15) is 11.1 Å². The average molecular weight is 593 g/mol. The van der Waals surface area contributed by atoms with Gasteiger partial charge in [-0.25, -0.2) is 15.4 Å². The second kappa shape index (κ2) is 18.9. The first-order valence-corrected chi connectivity index (χ1v) is 15.4. The lowest BCUT2D eigenvalue weighted by Gasteiger charge is -2.04. The number of nitrogens with two attached hydrogens (primary N) is 1. The lowest BCUT2D eigenvalue weighted by Crippen LogP contribution is -2.47. The Bertz CT molecular complexity index is 1390. The summed E-state index contributed by atoms with van der Waals surface area (Å²) >= 11 is 0. The molecule has 8 bridgehead atoms. The van der Waals surface area contributed by atoms with Crippen molar-refractivity contribution in [2.75, 3.05) is 6.54 Å². The van der Waals surface area contributed by atoms with Crippen LogP contribution in [0.3, 0.4) is 0 Å². The molecule has 44 heavy (non-hydrogen) atoms. The lowest BCUT2D eigenvalue weighted by atomic mass is 10.1. The van der Waals surface area contributed by atoms with Gasteiger partial charge >= 0.3 is 0 Å². The largest absolute Gasteiger partial charge is 0.355 e. The molecule has 0 aliphatic carbocycles. The number of nitrogens with zero attached hydrogens (tertiary/aromatic N) is 4. The molecule has 0 aromatic carbocycles. The van der Waals surface area contributed by atoms with Crippen molar-refractivity contribution in [2.24, 2.45) is 5.84 Å². The molecule has 4 aromatic rings. The zero-order valence-electron chi connectivity index (χ0n) is 25.5. The zero-order valence-corrected chi connectivity index (χ0v) is 25.5. The summed E-state index contributed by atoms with van der Waals surface area (Å²) in [4.78, 5) is 23.5. The quantitative estimate of drug-likeness (QED) is 0.0552. The number of unbranched alkanes of at least 4 members (excludes halogenated alkanes) is 7. The molecule has 0 unspecified atom stereocenters. The first kappa shape index (κ1) is 32.4. The molecule has 0 fully saturated rings. The molecule has 0 saturated carbocycles. The molecule has 0 amide bonds. The third kappa shape index (κ3) is 12.0. The van der Waals surface area contributed by atoms with Gasteiger partial charge in [0.05, 0.1) is 22.8 Å². The Morgan fingerprint density at radius 3 is 1.32 bits per heavy atom. The van der Waals surface area contributed by atoms with Crippen molar-refractivity contribution in [1.82, 2.24) is 46.4 Å². The van der Waals surface area contributed by atoms with Gasteiger partial charge in [0.2, 0.25) is 0 Å². The van der Waals surface area contributed by atoms with Gasteiger partial charge < -0.3 is 9.97 Å². The van der Waals surface area contributed by atoms with E-state index >= 15 is 0 Å². The number of H-pyrrole nitrogens is 2. The highest BCUT2D eigenvalue weighted by Gasteiger charge is 2.01. The van der Waals surface area contributed by atoms with Gasteiger partial charge in [0.25, 0.3) is 0 Å². The lowest BCUT2D eigenvalue weighted by molar-refractivity contribution is 0.431. The summed E-state index contributed by atoms with van der Waals surface area (Å²) in [7, 11) is 0. The van der Waals surface area contributed by atoms with Gasteiger partial charge in [-0.3, -0.25) is 15.8 Å². The van der Waals surface area contributed by atoms with E-state index < -0.39 is 0 Å². The van der Waals surface area contributed by atoms with E-state index in [4.69, 9.17) is 5.84 Å². The summed E-state index contributed by atoms with van der Waals surface area (Å²) < 4.78 is 0. The third-order valence-corrected chi connectivity index (χ3v) is 6.84. The van der Waals surface area contributed by atoms with E-state index in [0.29, 0.717) is 0 Å². The number of fused-ring (bicyclic) bond motifs is 8. The van der Waals surface area contributed by atoms with Gasteiger partial charge in [-0.15, -0.1) is 0 Å². The van der Waals surface area contributed by atoms with Crippen LogP contribution in [0.1, 0.15) is 81.1 Å². The minimum absolute atomic E-state index is 0.939. The number of hydrazine groups is 3. The van der Waals surface area contributed by atoms with Crippen molar-refractivity contribution in [1.29, 1.82) is 0 Å². The zero-order chi connectivity index (χ0) is 30.7. The maximum Gasteiger partial charge on any atom is 0.0658 e. The van der Waals surface area contributed by atoms with Crippen LogP contribution in [0.2, 0.25) is 0 Å². The van der Waals surface area contributed by atoms with E-state index in [1.807, 2.05) is 48.6 Å². The summed E-state index contributed by atoms with van der Waals surface area (Å²) in [6.07, 6.45) is 25.5. The predicted molar refractivity (Wildman–Crippen MR) is 182 cm³/mol. The van der Waals surface area contributed by atoms with E-state index in [-0.39, 0.29) is 0 Å². The molecule has 6 heterocycles. The fourth-order valence-corrected chi connectivity index (χ4v) is 4.66. The number of aromatic amines is 2. The van der Waals surface area contributed by atoms with Crippen LogP contribution in [0.15, 0.2) is 73.3 Å². The van der Waals surface area contributed by atoms with Crippen molar-refractivity contribution in [3.63, 3.8) is 0 Å². The van der Waals surface area contributed by atoms with E-state index in [2.05, 4.69) is 77.6 Å². The molecule has 0 spiro atoms. The summed E-state index contributed by atoms with van der Waals surface area (Å²) in [5.41, 5.74) is 15.8. The van der Waals surface area contributed by atoms with E-state index in [1.165, 1.54) is 51.4 Å². The van der Waals surface area contributed by atoms with E-state index in [9.17, 15) is 0 Å². The number of hydrogen-bond acceptors (Lipinski definition) is 8. The van der Waals surface area contributed by atoms with Gasteiger partial charge in [0, 0.05) is 53.4 Å². The Morgan fingerprint density at radius 2 is 0.955 bits per heavy atom. The minimum atomic E-state index is 0.939. The summed E-state index contributed by atoms with van der Waals surface area (Å²) in [6, 6.07) is 16.4. The van der Waals surface area contributed by atoms with Crippen LogP contribution >= 0.6 is 0 Å². The molecule has 2 aliphatic heterocycles. The molecule has 7 N–H and O–H groups in total. The van der Waals surface area contributed by atoms with Crippen molar-refractivity contribution in [2.45, 2.75) is 58.3 Å². The number of aromatic nitrogens is 6. The summed E-state index contributed by atoms with van der Waals surface area (Å²) in [5.74, 6) is 5.01. The average Bonchev–Trinajstić information content (AvgIpc) is 3.87.